The molecule has 0 fully saturated rings. The van der Waals surface area contributed by atoms with Crippen LogP contribution in [-0.4, -0.2) is 44.3 Å². The Hall–Kier alpha value is -3.36. The fourth-order valence-electron chi connectivity index (χ4n) is 3.92. The number of hydrogen-bond donors (Lipinski definition) is 1. The Morgan fingerprint density at radius 3 is 2.15 bits per heavy atom. The molecule has 9 heteroatoms. The van der Waals surface area contributed by atoms with E-state index in [9.17, 15) is 18.0 Å². The summed E-state index contributed by atoms with van der Waals surface area (Å²) in [5.74, 6) is -0.585. The molecule has 1 atom stereocenters. The molecule has 3 aromatic rings. The van der Waals surface area contributed by atoms with Gasteiger partial charge < -0.3 is 10.2 Å². The average molecular weight is 570 g/mol. The van der Waals surface area contributed by atoms with Crippen LogP contribution in [-0.2, 0) is 26.2 Å². The molecule has 0 saturated carbocycles. The lowest BCUT2D eigenvalue weighted by Crippen LogP contribution is -2.51. The molecule has 0 aliphatic carbocycles. The van der Waals surface area contributed by atoms with Crippen LogP contribution in [0, 0.1) is 19.8 Å². The van der Waals surface area contributed by atoms with E-state index in [4.69, 9.17) is 11.6 Å². The van der Waals surface area contributed by atoms with Gasteiger partial charge in [0.2, 0.25) is 11.8 Å². The van der Waals surface area contributed by atoms with Crippen molar-refractivity contribution in [2.75, 3.05) is 17.4 Å². The lowest BCUT2D eigenvalue weighted by Gasteiger charge is -2.32. The third kappa shape index (κ3) is 7.83. The zero-order valence-electron chi connectivity index (χ0n) is 23.0. The summed E-state index contributed by atoms with van der Waals surface area (Å²) in [5, 5.41) is 3.26. The largest absolute Gasteiger partial charge is 0.354 e. The maximum Gasteiger partial charge on any atom is 0.264 e. The van der Waals surface area contributed by atoms with Crippen LogP contribution in [0.2, 0.25) is 5.02 Å². The summed E-state index contributed by atoms with van der Waals surface area (Å²) in [4.78, 5) is 28.4. The van der Waals surface area contributed by atoms with Gasteiger partial charge in [0.15, 0.2) is 0 Å². The van der Waals surface area contributed by atoms with Crippen LogP contribution in [0.3, 0.4) is 0 Å². The minimum Gasteiger partial charge on any atom is -0.354 e. The highest BCUT2D eigenvalue weighted by atomic mass is 35.5. The standard InChI is InChI=1S/C30H36ClN3O4S/c1-21(2)18-32-30(36)24(5)33(19-25-9-7-6-8-10-25)29(35)20-34(26-14-13-23(4)28(31)17-26)39(37,38)27-15-11-22(3)12-16-27/h6-17,21,24H,18-20H2,1-5H3,(H,32,36)/t24-/m1/s1. The van der Waals surface area contributed by atoms with Crippen molar-refractivity contribution in [1.82, 2.24) is 10.2 Å². The molecule has 0 aliphatic rings. The first kappa shape index (κ1) is 30.2. The van der Waals surface area contributed by atoms with Crippen molar-refractivity contribution in [3.63, 3.8) is 0 Å². The quantitative estimate of drug-likeness (QED) is 0.338. The highest BCUT2D eigenvalue weighted by Gasteiger charge is 2.32. The molecular formula is C30H36ClN3O4S. The number of nitrogens with one attached hydrogen (secondary N) is 1. The number of carbonyl (C=O) groups is 2. The number of halogens is 1. The van der Waals surface area contributed by atoms with Gasteiger partial charge in [0.05, 0.1) is 10.6 Å². The predicted octanol–water partition coefficient (Wildman–Crippen LogP) is 5.34. The number of carbonyl (C=O) groups excluding carboxylic acids is 2. The first-order valence-corrected chi connectivity index (χ1v) is 14.7. The van der Waals surface area contributed by atoms with Gasteiger partial charge in [-0.1, -0.05) is 79.5 Å². The lowest BCUT2D eigenvalue weighted by molar-refractivity contribution is -0.139. The normalized spacial score (nSPS) is 12.2. The predicted molar refractivity (Wildman–Crippen MR) is 156 cm³/mol. The Bertz CT molecular complexity index is 1390. The van der Waals surface area contributed by atoms with Crippen LogP contribution in [0.1, 0.15) is 37.5 Å². The molecular weight excluding hydrogens is 534 g/mol. The van der Waals surface area contributed by atoms with E-state index in [1.54, 1.807) is 31.2 Å². The molecule has 2 amide bonds. The molecule has 0 radical (unpaired) electrons. The van der Waals surface area contributed by atoms with E-state index < -0.39 is 28.5 Å². The average Bonchev–Trinajstić information content (AvgIpc) is 2.90. The van der Waals surface area contributed by atoms with Gasteiger partial charge in [-0.2, -0.15) is 0 Å². The lowest BCUT2D eigenvalue weighted by atomic mass is 10.1. The van der Waals surface area contributed by atoms with Gasteiger partial charge in [-0.25, -0.2) is 8.42 Å². The van der Waals surface area contributed by atoms with Gasteiger partial charge in [0, 0.05) is 18.1 Å². The minimum absolute atomic E-state index is 0.0509. The first-order chi connectivity index (χ1) is 18.4. The SMILES string of the molecule is Cc1ccc(S(=O)(=O)N(CC(=O)N(Cc2ccccc2)[C@H](C)C(=O)NCC(C)C)c2ccc(C)c(Cl)c2)cc1. The fraction of sp³-hybridized carbons (Fsp3) is 0.333. The van der Waals surface area contributed by atoms with Crippen LogP contribution in [0.15, 0.2) is 77.7 Å². The molecule has 0 spiro atoms. The molecule has 3 rings (SSSR count). The third-order valence-corrected chi connectivity index (χ3v) is 8.57. The maximum absolute atomic E-state index is 13.9. The number of aryl methyl sites for hydroxylation is 2. The smallest absolute Gasteiger partial charge is 0.264 e. The van der Waals surface area contributed by atoms with Crippen molar-refractivity contribution in [3.8, 4) is 0 Å². The Kier molecular flexibility index (Phi) is 10.2. The number of amides is 2. The number of anilines is 1. The van der Waals surface area contributed by atoms with Gasteiger partial charge in [0.1, 0.15) is 12.6 Å². The van der Waals surface area contributed by atoms with Gasteiger partial charge in [-0.15, -0.1) is 0 Å². The Morgan fingerprint density at radius 1 is 0.923 bits per heavy atom. The van der Waals surface area contributed by atoms with Gasteiger partial charge in [-0.3, -0.25) is 13.9 Å². The van der Waals surface area contributed by atoms with E-state index in [0.717, 1.165) is 21.0 Å². The van der Waals surface area contributed by atoms with Gasteiger partial charge in [0.25, 0.3) is 10.0 Å². The van der Waals surface area contributed by atoms with Crippen LogP contribution >= 0.6 is 11.6 Å². The number of benzene rings is 3. The molecule has 1 N–H and O–H groups in total. The van der Waals surface area contributed by atoms with Crippen molar-refractivity contribution in [3.05, 3.63) is 94.5 Å². The Labute approximate surface area is 236 Å². The molecule has 39 heavy (non-hydrogen) atoms. The first-order valence-electron chi connectivity index (χ1n) is 12.9. The number of nitrogens with zero attached hydrogens (tertiary/aromatic N) is 2. The van der Waals surface area contributed by atoms with E-state index in [2.05, 4.69) is 5.32 Å². The van der Waals surface area contributed by atoms with E-state index >= 15 is 0 Å². The molecule has 0 aromatic heterocycles. The topological polar surface area (TPSA) is 86.8 Å². The number of sulfonamides is 1. The molecule has 0 unspecified atom stereocenters. The third-order valence-electron chi connectivity index (χ3n) is 6.38. The molecule has 0 saturated heterocycles. The fourth-order valence-corrected chi connectivity index (χ4v) is 5.50. The van der Waals surface area contributed by atoms with E-state index in [1.165, 1.54) is 23.1 Å². The summed E-state index contributed by atoms with van der Waals surface area (Å²) in [7, 11) is -4.14. The highest BCUT2D eigenvalue weighted by Crippen LogP contribution is 2.28. The van der Waals surface area contributed by atoms with Crippen LogP contribution in [0.5, 0.6) is 0 Å². The molecule has 0 aliphatic heterocycles. The highest BCUT2D eigenvalue weighted by molar-refractivity contribution is 7.92. The molecule has 208 valence electrons. The second-order valence-electron chi connectivity index (χ2n) is 10.1. The maximum atomic E-state index is 13.9. The monoisotopic (exact) mass is 569 g/mol. The minimum atomic E-state index is -4.14. The van der Waals surface area contributed by atoms with Crippen molar-refractivity contribution in [2.24, 2.45) is 5.92 Å². The van der Waals surface area contributed by atoms with Crippen molar-refractivity contribution in [2.45, 2.75) is 52.1 Å². The second-order valence-corrected chi connectivity index (χ2v) is 12.3. The Morgan fingerprint density at radius 2 is 1.56 bits per heavy atom. The molecule has 7 nitrogen and oxygen atoms in total. The molecule has 3 aromatic carbocycles. The van der Waals surface area contributed by atoms with Gasteiger partial charge in [-0.05, 0) is 62.1 Å². The summed E-state index contributed by atoms with van der Waals surface area (Å²) >= 11 is 6.36. The molecule has 0 heterocycles. The van der Waals surface area contributed by atoms with Crippen molar-refractivity contribution >= 4 is 39.1 Å². The summed E-state index contributed by atoms with van der Waals surface area (Å²) in [5.41, 5.74) is 2.77. The van der Waals surface area contributed by atoms with E-state index in [-0.39, 0.29) is 29.0 Å². The zero-order valence-corrected chi connectivity index (χ0v) is 24.6. The van der Waals surface area contributed by atoms with Gasteiger partial charge >= 0.3 is 0 Å². The summed E-state index contributed by atoms with van der Waals surface area (Å²) in [6.45, 7) is 9.40. The summed E-state index contributed by atoms with van der Waals surface area (Å²) < 4.78 is 28.8. The van der Waals surface area contributed by atoms with Crippen LogP contribution in [0.4, 0.5) is 5.69 Å². The van der Waals surface area contributed by atoms with Crippen molar-refractivity contribution in [1.29, 1.82) is 0 Å². The number of rotatable bonds is 11. The summed E-state index contributed by atoms with van der Waals surface area (Å²) in [6.07, 6.45) is 0. The Balaban J connectivity index is 2.02. The number of hydrogen-bond acceptors (Lipinski definition) is 4. The second kappa shape index (κ2) is 13.1. The van der Waals surface area contributed by atoms with Crippen LogP contribution in [0.25, 0.3) is 0 Å². The van der Waals surface area contributed by atoms with E-state index in [0.29, 0.717) is 11.6 Å². The zero-order chi connectivity index (χ0) is 28.7. The van der Waals surface area contributed by atoms with Crippen LogP contribution < -0.4 is 9.62 Å². The van der Waals surface area contributed by atoms with Crippen molar-refractivity contribution < 1.29 is 18.0 Å². The summed E-state index contributed by atoms with van der Waals surface area (Å²) in [6, 6.07) is 19.8. The van der Waals surface area contributed by atoms with E-state index in [1.807, 2.05) is 58.0 Å². The molecule has 0 bridgehead atoms.